The Morgan fingerprint density at radius 3 is 2.76 bits per heavy atom. The summed E-state index contributed by atoms with van der Waals surface area (Å²) in [6, 6.07) is 8.05. The van der Waals surface area contributed by atoms with E-state index in [4.69, 9.17) is 0 Å². The van der Waals surface area contributed by atoms with Crippen LogP contribution in [0.4, 0.5) is 0 Å². The average molecular weight is 227 g/mol. The average Bonchev–Trinajstić information content (AvgIpc) is 2.86. The highest BCUT2D eigenvalue weighted by Gasteiger charge is 2.72. The Morgan fingerprint density at radius 1 is 1.06 bits per heavy atom. The van der Waals surface area contributed by atoms with Gasteiger partial charge >= 0.3 is 0 Å². The van der Waals surface area contributed by atoms with E-state index < -0.39 is 10.8 Å². The number of carbonyl (C=O) groups excluding carboxylic acids is 2. The molecule has 2 fully saturated rings. The van der Waals surface area contributed by atoms with Crippen molar-refractivity contribution < 1.29 is 9.59 Å². The van der Waals surface area contributed by atoms with Crippen LogP contribution in [0.5, 0.6) is 0 Å². The SMILES string of the molecule is O=C1NC(=O)C23CCCC12Cc1ccccc13. The van der Waals surface area contributed by atoms with Crippen molar-refractivity contribution in [2.75, 3.05) is 0 Å². The van der Waals surface area contributed by atoms with Gasteiger partial charge in [-0.05, 0) is 30.4 Å². The Bertz CT molecular complexity index is 565. The summed E-state index contributed by atoms with van der Waals surface area (Å²) < 4.78 is 0. The van der Waals surface area contributed by atoms with Gasteiger partial charge in [0.25, 0.3) is 0 Å². The maximum atomic E-state index is 12.3. The van der Waals surface area contributed by atoms with E-state index in [0.717, 1.165) is 31.2 Å². The molecule has 3 heteroatoms. The second-order valence-electron chi connectivity index (χ2n) is 5.46. The molecule has 0 bridgehead atoms. The van der Waals surface area contributed by atoms with E-state index in [1.165, 1.54) is 5.56 Å². The Labute approximate surface area is 99.2 Å². The Kier molecular flexibility index (Phi) is 1.44. The fourth-order valence-electron chi connectivity index (χ4n) is 4.33. The zero-order valence-corrected chi connectivity index (χ0v) is 9.45. The fraction of sp³-hybridized carbons (Fsp3) is 0.429. The molecule has 1 aliphatic heterocycles. The van der Waals surface area contributed by atoms with Crippen LogP contribution in [0.1, 0.15) is 30.4 Å². The minimum atomic E-state index is -0.541. The lowest BCUT2D eigenvalue weighted by atomic mass is 9.68. The lowest BCUT2D eigenvalue weighted by molar-refractivity contribution is -0.128. The third kappa shape index (κ3) is 0.770. The van der Waals surface area contributed by atoms with Crippen molar-refractivity contribution in [1.29, 1.82) is 0 Å². The van der Waals surface area contributed by atoms with Crippen LogP contribution in [0.15, 0.2) is 24.3 Å². The normalized spacial score (nSPS) is 37.6. The summed E-state index contributed by atoms with van der Waals surface area (Å²) in [6.45, 7) is 0. The largest absolute Gasteiger partial charge is 0.295 e. The number of benzene rings is 1. The van der Waals surface area contributed by atoms with Crippen molar-refractivity contribution in [1.82, 2.24) is 5.32 Å². The van der Waals surface area contributed by atoms with Gasteiger partial charge in [-0.2, -0.15) is 0 Å². The first-order valence-corrected chi connectivity index (χ1v) is 6.15. The minimum Gasteiger partial charge on any atom is -0.295 e. The van der Waals surface area contributed by atoms with Crippen LogP contribution in [0.3, 0.4) is 0 Å². The highest BCUT2D eigenvalue weighted by atomic mass is 16.2. The van der Waals surface area contributed by atoms with Crippen molar-refractivity contribution in [3.8, 4) is 0 Å². The monoisotopic (exact) mass is 227 g/mol. The van der Waals surface area contributed by atoms with E-state index >= 15 is 0 Å². The summed E-state index contributed by atoms with van der Waals surface area (Å²) in [6.07, 6.45) is 3.38. The number of hydrogen-bond donors (Lipinski definition) is 1. The molecule has 1 N–H and O–H groups in total. The number of carbonyl (C=O) groups is 2. The Hall–Kier alpha value is -1.64. The molecule has 0 radical (unpaired) electrons. The molecule has 2 atom stereocenters. The molecule has 17 heavy (non-hydrogen) atoms. The van der Waals surface area contributed by atoms with Crippen LogP contribution < -0.4 is 5.32 Å². The maximum Gasteiger partial charge on any atom is 0.238 e. The summed E-state index contributed by atoms with van der Waals surface area (Å²) in [5, 5.41) is 2.57. The van der Waals surface area contributed by atoms with E-state index in [9.17, 15) is 9.59 Å². The molecule has 3 nitrogen and oxygen atoms in total. The first kappa shape index (κ1) is 9.40. The molecule has 3 aliphatic rings. The van der Waals surface area contributed by atoms with Crippen molar-refractivity contribution in [2.24, 2.45) is 5.41 Å². The summed E-state index contributed by atoms with van der Waals surface area (Å²) in [7, 11) is 0. The second kappa shape index (κ2) is 2.61. The molecule has 2 amide bonds. The van der Waals surface area contributed by atoms with E-state index in [-0.39, 0.29) is 11.8 Å². The minimum absolute atomic E-state index is 0.0452. The van der Waals surface area contributed by atoms with Crippen molar-refractivity contribution in [2.45, 2.75) is 31.1 Å². The van der Waals surface area contributed by atoms with Crippen molar-refractivity contribution in [3.63, 3.8) is 0 Å². The smallest absolute Gasteiger partial charge is 0.238 e. The van der Waals surface area contributed by atoms with E-state index in [1.54, 1.807) is 0 Å². The molecule has 1 saturated heterocycles. The lowest BCUT2D eigenvalue weighted by Gasteiger charge is -2.29. The number of rotatable bonds is 0. The molecular formula is C14H13NO2. The zero-order chi connectivity index (χ0) is 11.7. The number of fused-ring (bicyclic) bond motifs is 1. The van der Waals surface area contributed by atoms with Crippen LogP contribution in [0.2, 0.25) is 0 Å². The van der Waals surface area contributed by atoms with Crippen LogP contribution in [0.25, 0.3) is 0 Å². The molecule has 86 valence electrons. The third-order valence-electron chi connectivity index (χ3n) is 4.99. The first-order valence-electron chi connectivity index (χ1n) is 6.15. The molecule has 0 aromatic heterocycles. The summed E-state index contributed by atoms with van der Waals surface area (Å²) in [5.74, 6) is -0.110. The predicted octanol–water partition coefficient (Wildman–Crippen LogP) is 1.31. The molecule has 1 saturated carbocycles. The molecule has 2 unspecified atom stereocenters. The summed E-state index contributed by atoms with van der Waals surface area (Å²) >= 11 is 0. The van der Waals surface area contributed by atoms with Gasteiger partial charge in [0.1, 0.15) is 0 Å². The molecular weight excluding hydrogens is 214 g/mol. The quantitative estimate of drug-likeness (QED) is 0.679. The standard InChI is InChI=1S/C14H13NO2/c16-11-13-6-3-7-14(13,12(17)15-11)10-5-2-1-4-9(10)8-13/h1-2,4-5H,3,6-8H2,(H,15,16,17). The van der Waals surface area contributed by atoms with Gasteiger partial charge in [-0.1, -0.05) is 30.7 Å². The summed E-state index contributed by atoms with van der Waals surface area (Å²) in [4.78, 5) is 24.5. The number of nitrogens with one attached hydrogen (secondary N) is 1. The van der Waals surface area contributed by atoms with Crippen LogP contribution in [0, 0.1) is 5.41 Å². The predicted molar refractivity (Wildman–Crippen MR) is 61.3 cm³/mol. The van der Waals surface area contributed by atoms with Gasteiger partial charge in [-0.3, -0.25) is 14.9 Å². The van der Waals surface area contributed by atoms with Gasteiger partial charge < -0.3 is 0 Å². The van der Waals surface area contributed by atoms with E-state index in [2.05, 4.69) is 11.4 Å². The van der Waals surface area contributed by atoms with Crippen molar-refractivity contribution >= 4 is 11.8 Å². The molecule has 2 aliphatic carbocycles. The van der Waals surface area contributed by atoms with Gasteiger partial charge in [0.15, 0.2) is 0 Å². The van der Waals surface area contributed by atoms with E-state index in [0.29, 0.717) is 0 Å². The topological polar surface area (TPSA) is 46.2 Å². The molecule has 0 spiro atoms. The third-order valence-corrected chi connectivity index (χ3v) is 4.99. The highest BCUT2D eigenvalue weighted by molar-refractivity contribution is 6.14. The zero-order valence-electron chi connectivity index (χ0n) is 9.45. The van der Waals surface area contributed by atoms with Gasteiger partial charge in [-0.25, -0.2) is 0 Å². The molecule has 1 aromatic rings. The summed E-state index contributed by atoms with van der Waals surface area (Å²) in [5.41, 5.74) is 1.28. The maximum absolute atomic E-state index is 12.3. The fourth-order valence-corrected chi connectivity index (χ4v) is 4.33. The molecule has 1 aromatic carbocycles. The molecule has 1 heterocycles. The van der Waals surface area contributed by atoms with Gasteiger partial charge in [0.05, 0.1) is 10.8 Å². The number of amides is 2. The lowest BCUT2D eigenvalue weighted by Crippen LogP contribution is -2.40. The first-order chi connectivity index (χ1) is 8.21. The molecule has 4 rings (SSSR count). The van der Waals surface area contributed by atoms with Crippen molar-refractivity contribution in [3.05, 3.63) is 35.4 Å². The van der Waals surface area contributed by atoms with Crippen LogP contribution >= 0.6 is 0 Å². The Morgan fingerprint density at radius 2 is 1.88 bits per heavy atom. The number of imide groups is 1. The van der Waals surface area contributed by atoms with Crippen LogP contribution in [-0.2, 0) is 21.4 Å². The van der Waals surface area contributed by atoms with Gasteiger partial charge in [-0.15, -0.1) is 0 Å². The highest BCUT2D eigenvalue weighted by Crippen LogP contribution is 2.63. The second-order valence-corrected chi connectivity index (χ2v) is 5.46. The number of hydrogen-bond acceptors (Lipinski definition) is 2. The van der Waals surface area contributed by atoms with Gasteiger partial charge in [0, 0.05) is 0 Å². The van der Waals surface area contributed by atoms with E-state index in [1.807, 2.05) is 18.2 Å². The Balaban J connectivity index is 2.08. The van der Waals surface area contributed by atoms with Gasteiger partial charge in [0.2, 0.25) is 11.8 Å². The van der Waals surface area contributed by atoms with Crippen LogP contribution in [-0.4, -0.2) is 11.8 Å².